The second kappa shape index (κ2) is 18.1. The lowest BCUT2D eigenvalue weighted by atomic mass is 10.00. The van der Waals surface area contributed by atoms with E-state index in [2.05, 4.69) is 21.3 Å². The first-order valence-corrected chi connectivity index (χ1v) is 14.7. The van der Waals surface area contributed by atoms with Crippen molar-refractivity contribution in [3.63, 3.8) is 0 Å². The van der Waals surface area contributed by atoms with Crippen molar-refractivity contribution in [2.75, 3.05) is 32.7 Å². The molecule has 234 valence electrons. The van der Waals surface area contributed by atoms with Crippen LogP contribution >= 0.6 is 0 Å². The first kappa shape index (κ1) is 34.7. The second-order valence-corrected chi connectivity index (χ2v) is 11.2. The number of carbonyl (C=O) groups is 5. The van der Waals surface area contributed by atoms with Crippen LogP contribution in [0.25, 0.3) is 0 Å². The van der Waals surface area contributed by atoms with Gasteiger partial charge in [0.25, 0.3) is 0 Å². The monoisotopic (exact) mass is 588 g/mol. The molecule has 0 spiro atoms. The number of rotatable bonds is 17. The van der Waals surface area contributed by atoms with Gasteiger partial charge in [0.1, 0.15) is 18.1 Å². The van der Waals surface area contributed by atoms with Crippen molar-refractivity contribution in [1.82, 2.24) is 26.2 Å². The third-order valence-electron chi connectivity index (χ3n) is 7.10. The van der Waals surface area contributed by atoms with Gasteiger partial charge >= 0.3 is 0 Å². The van der Waals surface area contributed by atoms with E-state index in [1.165, 1.54) is 0 Å². The van der Waals surface area contributed by atoms with Crippen LogP contribution in [-0.4, -0.2) is 91.3 Å². The van der Waals surface area contributed by atoms with Gasteiger partial charge in [0, 0.05) is 25.6 Å². The van der Waals surface area contributed by atoms with E-state index in [-0.39, 0.29) is 37.4 Å². The lowest BCUT2D eigenvalue weighted by Gasteiger charge is -2.32. The molecule has 0 radical (unpaired) electrons. The molecule has 1 aliphatic heterocycles. The molecule has 0 aliphatic carbocycles. The molecule has 1 aromatic carbocycles. The molecule has 3 atom stereocenters. The van der Waals surface area contributed by atoms with Crippen LogP contribution in [0.3, 0.4) is 0 Å². The number of nitrogens with two attached hydrogens (primary N) is 3. The standard InChI is InChI=1S/C29H48N8O5/c1-19(2)15-23(36-29(42)24(34-26(39)17-31)16-20-7-4-3-5-8-20)28(41)35-22(9-6-12-30)27(40)33-21-10-13-37(14-11-21)18-25(32)38/h3-5,7-8,19,21-24H,6,9-18,30-31H2,1-2H3,(H2,32,38)(H,33,40)(H,34,39)(H,35,41)(H,36,42)/t22-,23-,24-/m1/s1. The van der Waals surface area contributed by atoms with Gasteiger partial charge in [0.15, 0.2) is 0 Å². The summed E-state index contributed by atoms with van der Waals surface area (Å²) < 4.78 is 0. The minimum Gasteiger partial charge on any atom is -0.369 e. The maximum atomic E-state index is 13.5. The van der Waals surface area contributed by atoms with Gasteiger partial charge in [-0.25, -0.2) is 0 Å². The summed E-state index contributed by atoms with van der Waals surface area (Å²) in [4.78, 5) is 65.3. The topological polar surface area (TPSA) is 215 Å². The Bertz CT molecular complexity index is 1030. The third-order valence-corrected chi connectivity index (χ3v) is 7.10. The lowest BCUT2D eigenvalue weighted by Crippen LogP contribution is -2.58. The Morgan fingerprint density at radius 2 is 1.50 bits per heavy atom. The molecule has 2 rings (SSSR count). The van der Waals surface area contributed by atoms with E-state index < -0.39 is 41.8 Å². The average Bonchev–Trinajstić information content (AvgIpc) is 2.95. The van der Waals surface area contributed by atoms with Crippen LogP contribution < -0.4 is 38.5 Å². The Balaban J connectivity index is 2.10. The number of hydrogen-bond donors (Lipinski definition) is 7. The summed E-state index contributed by atoms with van der Waals surface area (Å²) in [5, 5.41) is 11.3. The van der Waals surface area contributed by atoms with Crippen molar-refractivity contribution in [1.29, 1.82) is 0 Å². The van der Waals surface area contributed by atoms with E-state index in [9.17, 15) is 24.0 Å². The number of likely N-dealkylation sites (tertiary alicyclic amines) is 1. The summed E-state index contributed by atoms with van der Waals surface area (Å²) in [6, 6.07) is 6.39. The van der Waals surface area contributed by atoms with Crippen LogP contribution in [0.15, 0.2) is 30.3 Å². The molecule has 1 heterocycles. The number of benzene rings is 1. The van der Waals surface area contributed by atoms with Crippen LogP contribution in [0.1, 0.15) is 51.5 Å². The molecule has 0 bridgehead atoms. The summed E-state index contributed by atoms with van der Waals surface area (Å²) in [5.41, 5.74) is 17.3. The predicted molar refractivity (Wildman–Crippen MR) is 160 cm³/mol. The molecule has 1 fully saturated rings. The molecule has 13 nitrogen and oxygen atoms in total. The number of piperidine rings is 1. The SMILES string of the molecule is CC(C)C[C@@H](NC(=O)[C@@H](Cc1ccccc1)NC(=O)CN)C(=O)N[C@H](CCCN)C(=O)NC1CCN(CC(N)=O)CC1. The van der Waals surface area contributed by atoms with Gasteiger partial charge in [-0.3, -0.25) is 28.9 Å². The molecule has 10 N–H and O–H groups in total. The predicted octanol–water partition coefficient (Wildman–Crippen LogP) is -1.51. The largest absolute Gasteiger partial charge is 0.369 e. The number of carbonyl (C=O) groups excluding carboxylic acids is 5. The van der Waals surface area contributed by atoms with Gasteiger partial charge in [0.05, 0.1) is 13.1 Å². The fraction of sp³-hybridized carbons (Fsp3) is 0.621. The molecule has 0 unspecified atom stereocenters. The first-order valence-electron chi connectivity index (χ1n) is 14.7. The van der Waals surface area contributed by atoms with Crippen molar-refractivity contribution in [2.45, 2.75) is 76.5 Å². The maximum Gasteiger partial charge on any atom is 0.243 e. The van der Waals surface area contributed by atoms with Crippen LogP contribution in [0.5, 0.6) is 0 Å². The van der Waals surface area contributed by atoms with E-state index in [4.69, 9.17) is 17.2 Å². The fourth-order valence-electron chi connectivity index (χ4n) is 4.91. The zero-order valence-corrected chi connectivity index (χ0v) is 24.8. The highest BCUT2D eigenvalue weighted by Crippen LogP contribution is 2.12. The normalized spacial score (nSPS) is 16.2. The Labute approximate surface area is 248 Å². The minimum atomic E-state index is -0.942. The summed E-state index contributed by atoms with van der Waals surface area (Å²) >= 11 is 0. The first-order chi connectivity index (χ1) is 20.0. The van der Waals surface area contributed by atoms with Gasteiger partial charge in [-0.15, -0.1) is 0 Å². The van der Waals surface area contributed by atoms with Gasteiger partial charge in [-0.2, -0.15) is 0 Å². The molecule has 42 heavy (non-hydrogen) atoms. The van der Waals surface area contributed by atoms with Crippen LogP contribution in [0, 0.1) is 5.92 Å². The Morgan fingerprint density at radius 1 is 0.881 bits per heavy atom. The van der Waals surface area contributed by atoms with Crippen molar-refractivity contribution in [3.8, 4) is 0 Å². The number of amides is 5. The van der Waals surface area contributed by atoms with Crippen LogP contribution in [0.2, 0.25) is 0 Å². The highest BCUT2D eigenvalue weighted by atomic mass is 16.2. The molecule has 1 saturated heterocycles. The van der Waals surface area contributed by atoms with Crippen molar-refractivity contribution in [3.05, 3.63) is 35.9 Å². The second-order valence-electron chi connectivity index (χ2n) is 11.2. The molecule has 1 aromatic rings. The summed E-state index contributed by atoms with van der Waals surface area (Å²) in [5.74, 6) is -2.17. The van der Waals surface area contributed by atoms with E-state index in [1.54, 1.807) is 0 Å². The number of hydrogen-bond acceptors (Lipinski definition) is 8. The molecule has 1 aliphatic rings. The number of nitrogens with zero attached hydrogens (tertiary/aromatic N) is 1. The van der Waals surface area contributed by atoms with Crippen LogP contribution in [-0.2, 0) is 30.4 Å². The number of nitrogens with one attached hydrogen (secondary N) is 4. The van der Waals surface area contributed by atoms with Gasteiger partial charge < -0.3 is 38.5 Å². The van der Waals surface area contributed by atoms with Crippen LogP contribution in [0.4, 0.5) is 0 Å². The molecule has 13 heteroatoms. The molecule has 5 amide bonds. The summed E-state index contributed by atoms with van der Waals surface area (Å²) in [6.07, 6.45) is 2.69. The van der Waals surface area contributed by atoms with E-state index >= 15 is 0 Å². The highest BCUT2D eigenvalue weighted by molar-refractivity contribution is 5.94. The molecular weight excluding hydrogens is 540 g/mol. The minimum absolute atomic E-state index is 0.0501. The molecule has 0 saturated carbocycles. The van der Waals surface area contributed by atoms with E-state index in [1.807, 2.05) is 49.1 Å². The summed E-state index contributed by atoms with van der Waals surface area (Å²) in [7, 11) is 0. The maximum absolute atomic E-state index is 13.5. The summed E-state index contributed by atoms with van der Waals surface area (Å²) in [6.45, 7) is 5.35. The quantitative estimate of drug-likeness (QED) is 0.113. The lowest BCUT2D eigenvalue weighted by molar-refractivity contribution is -0.134. The Kier molecular flexibility index (Phi) is 14.9. The Hall–Kier alpha value is -3.55. The van der Waals surface area contributed by atoms with E-state index in [0.29, 0.717) is 51.7 Å². The van der Waals surface area contributed by atoms with Crippen molar-refractivity contribution in [2.24, 2.45) is 23.1 Å². The highest BCUT2D eigenvalue weighted by Gasteiger charge is 2.31. The third kappa shape index (κ3) is 12.5. The molecule has 0 aromatic heterocycles. The molecular formula is C29H48N8O5. The average molecular weight is 589 g/mol. The zero-order valence-electron chi connectivity index (χ0n) is 24.8. The smallest absolute Gasteiger partial charge is 0.243 e. The fourth-order valence-corrected chi connectivity index (χ4v) is 4.91. The van der Waals surface area contributed by atoms with Gasteiger partial charge in [0.2, 0.25) is 29.5 Å². The van der Waals surface area contributed by atoms with Gasteiger partial charge in [-0.05, 0) is 50.1 Å². The van der Waals surface area contributed by atoms with Gasteiger partial charge in [-0.1, -0.05) is 44.2 Å². The Morgan fingerprint density at radius 3 is 2.07 bits per heavy atom. The van der Waals surface area contributed by atoms with E-state index in [0.717, 1.165) is 5.56 Å². The van der Waals surface area contributed by atoms with Crippen molar-refractivity contribution >= 4 is 29.5 Å². The number of primary amides is 1. The zero-order chi connectivity index (χ0) is 31.1. The van der Waals surface area contributed by atoms with Crippen molar-refractivity contribution < 1.29 is 24.0 Å².